The smallest absolute Gasteiger partial charge is 0.231 e. The van der Waals surface area contributed by atoms with Crippen LogP contribution < -0.4 is 14.8 Å². The van der Waals surface area contributed by atoms with Gasteiger partial charge in [0.2, 0.25) is 24.4 Å². The van der Waals surface area contributed by atoms with Crippen molar-refractivity contribution in [3.63, 3.8) is 0 Å². The number of hydrogen-bond acceptors (Lipinski definition) is 6. The Bertz CT molecular complexity index is 967. The molecule has 1 aliphatic heterocycles. The Hall–Kier alpha value is -3.35. The molecule has 0 fully saturated rings. The molecule has 4 rings (SSSR count). The highest BCUT2D eigenvalue weighted by Gasteiger charge is 2.14. The summed E-state index contributed by atoms with van der Waals surface area (Å²) in [6.45, 7) is 2.66. The van der Waals surface area contributed by atoms with Crippen LogP contribution in [-0.4, -0.2) is 22.8 Å². The van der Waals surface area contributed by atoms with Crippen LogP contribution in [0.15, 0.2) is 47.0 Å². The van der Waals surface area contributed by atoms with Gasteiger partial charge in [-0.2, -0.15) is 4.98 Å². The van der Waals surface area contributed by atoms with Gasteiger partial charge in [-0.15, -0.1) is 0 Å². The summed E-state index contributed by atoms with van der Waals surface area (Å²) >= 11 is 0. The van der Waals surface area contributed by atoms with Gasteiger partial charge >= 0.3 is 0 Å². The molecule has 1 aromatic heterocycles. The Balaban J connectivity index is 1.29. The van der Waals surface area contributed by atoms with Gasteiger partial charge in [0.25, 0.3) is 0 Å². The zero-order chi connectivity index (χ0) is 18.6. The maximum Gasteiger partial charge on any atom is 0.231 e. The fourth-order valence-corrected chi connectivity index (χ4v) is 2.85. The number of benzene rings is 2. The number of hydrogen-bond donors (Lipinski definition) is 1. The SMILES string of the molecule is Cc1ccccc1-c1noc(CCC(=O)NCc2ccc3c(c2)OCO3)n1. The summed E-state index contributed by atoms with van der Waals surface area (Å²) in [6, 6.07) is 13.5. The first-order chi connectivity index (χ1) is 13.2. The third kappa shape index (κ3) is 3.92. The van der Waals surface area contributed by atoms with Crippen molar-refractivity contribution < 1.29 is 18.8 Å². The van der Waals surface area contributed by atoms with E-state index >= 15 is 0 Å². The van der Waals surface area contributed by atoms with Gasteiger partial charge in [-0.25, -0.2) is 0 Å². The largest absolute Gasteiger partial charge is 0.454 e. The normalized spacial score (nSPS) is 12.2. The van der Waals surface area contributed by atoms with Crippen LogP contribution in [0.3, 0.4) is 0 Å². The highest BCUT2D eigenvalue weighted by Crippen LogP contribution is 2.32. The van der Waals surface area contributed by atoms with Crippen molar-refractivity contribution in [2.75, 3.05) is 6.79 Å². The molecule has 1 amide bonds. The van der Waals surface area contributed by atoms with Crippen molar-refractivity contribution in [3.05, 3.63) is 59.5 Å². The molecule has 7 nitrogen and oxygen atoms in total. The molecule has 0 saturated heterocycles. The number of rotatable bonds is 6. The van der Waals surface area contributed by atoms with E-state index in [9.17, 15) is 4.79 Å². The van der Waals surface area contributed by atoms with Crippen LogP contribution in [0.25, 0.3) is 11.4 Å². The van der Waals surface area contributed by atoms with Crippen molar-refractivity contribution in [2.24, 2.45) is 0 Å². The van der Waals surface area contributed by atoms with Gasteiger partial charge in [-0.3, -0.25) is 4.79 Å². The second kappa shape index (κ2) is 7.49. The first kappa shape index (κ1) is 17.1. The van der Waals surface area contributed by atoms with Crippen molar-refractivity contribution in [1.82, 2.24) is 15.5 Å². The summed E-state index contributed by atoms with van der Waals surface area (Å²) in [5, 5.41) is 6.89. The lowest BCUT2D eigenvalue weighted by Gasteiger charge is -2.05. The molecular weight excluding hydrogens is 346 g/mol. The number of nitrogens with one attached hydrogen (secondary N) is 1. The molecule has 0 radical (unpaired) electrons. The zero-order valence-corrected chi connectivity index (χ0v) is 14.9. The van der Waals surface area contributed by atoms with E-state index in [0.717, 1.165) is 22.4 Å². The number of amides is 1. The Kier molecular flexibility index (Phi) is 4.74. The van der Waals surface area contributed by atoms with Gasteiger partial charge in [-0.1, -0.05) is 35.5 Å². The van der Waals surface area contributed by atoms with E-state index in [-0.39, 0.29) is 19.1 Å². The molecule has 0 unspecified atom stereocenters. The van der Waals surface area contributed by atoms with Gasteiger partial charge in [0.05, 0.1) is 0 Å². The maximum absolute atomic E-state index is 12.1. The zero-order valence-electron chi connectivity index (χ0n) is 14.9. The average Bonchev–Trinajstić information content (AvgIpc) is 3.34. The van der Waals surface area contributed by atoms with E-state index in [1.54, 1.807) is 0 Å². The third-order valence-electron chi connectivity index (χ3n) is 4.35. The lowest BCUT2D eigenvalue weighted by molar-refractivity contribution is -0.121. The Labute approximate surface area is 156 Å². The van der Waals surface area contributed by atoms with Crippen molar-refractivity contribution in [3.8, 4) is 22.9 Å². The minimum Gasteiger partial charge on any atom is -0.454 e. The van der Waals surface area contributed by atoms with Gasteiger partial charge < -0.3 is 19.3 Å². The van der Waals surface area contributed by atoms with Crippen LogP contribution in [0.2, 0.25) is 0 Å². The standard InChI is InChI=1S/C20H19N3O4/c1-13-4-2-3-5-15(13)20-22-19(27-23-20)9-8-18(24)21-11-14-6-7-16-17(10-14)26-12-25-16/h2-7,10H,8-9,11-12H2,1H3,(H,21,24). The molecule has 1 N–H and O–H groups in total. The molecule has 7 heteroatoms. The van der Waals surface area contributed by atoms with Gasteiger partial charge in [0.1, 0.15) is 0 Å². The lowest BCUT2D eigenvalue weighted by atomic mass is 10.1. The molecule has 27 heavy (non-hydrogen) atoms. The molecule has 138 valence electrons. The number of ether oxygens (including phenoxy) is 2. The first-order valence-corrected chi connectivity index (χ1v) is 8.73. The van der Waals surface area contributed by atoms with E-state index in [4.69, 9.17) is 14.0 Å². The third-order valence-corrected chi connectivity index (χ3v) is 4.35. The highest BCUT2D eigenvalue weighted by atomic mass is 16.7. The molecule has 0 bridgehead atoms. The number of aryl methyl sites for hydroxylation is 2. The summed E-state index contributed by atoms with van der Waals surface area (Å²) in [5.41, 5.74) is 2.96. The summed E-state index contributed by atoms with van der Waals surface area (Å²) in [5.74, 6) is 2.35. The molecule has 2 aromatic carbocycles. The Morgan fingerprint density at radius 2 is 2.00 bits per heavy atom. The number of carbonyl (C=O) groups is 1. The Morgan fingerprint density at radius 1 is 1.15 bits per heavy atom. The topological polar surface area (TPSA) is 86.5 Å². The van der Waals surface area contributed by atoms with Crippen molar-refractivity contribution >= 4 is 5.91 Å². The van der Waals surface area contributed by atoms with Crippen LogP contribution >= 0.6 is 0 Å². The predicted octanol–water partition coefficient (Wildman–Crippen LogP) is 3.02. The minimum atomic E-state index is -0.0803. The second-order valence-electron chi connectivity index (χ2n) is 6.29. The molecule has 0 saturated carbocycles. The van der Waals surface area contributed by atoms with E-state index in [1.165, 1.54) is 0 Å². The summed E-state index contributed by atoms with van der Waals surface area (Å²) in [6.07, 6.45) is 0.672. The fourth-order valence-electron chi connectivity index (χ4n) is 2.85. The van der Waals surface area contributed by atoms with Gasteiger partial charge in [0, 0.05) is 24.9 Å². The van der Waals surface area contributed by atoms with E-state index < -0.39 is 0 Å². The molecule has 0 aliphatic carbocycles. The lowest BCUT2D eigenvalue weighted by Crippen LogP contribution is -2.23. The number of carbonyl (C=O) groups excluding carboxylic acids is 1. The molecule has 3 aromatic rings. The van der Waals surface area contributed by atoms with E-state index in [0.29, 0.717) is 30.4 Å². The van der Waals surface area contributed by atoms with E-state index in [2.05, 4.69) is 15.5 Å². The van der Waals surface area contributed by atoms with Crippen molar-refractivity contribution in [1.29, 1.82) is 0 Å². The molecule has 2 heterocycles. The average molecular weight is 365 g/mol. The van der Waals surface area contributed by atoms with Crippen LogP contribution in [0.5, 0.6) is 11.5 Å². The highest BCUT2D eigenvalue weighted by molar-refractivity contribution is 5.76. The molecule has 0 atom stereocenters. The molecule has 0 spiro atoms. The van der Waals surface area contributed by atoms with Crippen LogP contribution in [-0.2, 0) is 17.8 Å². The van der Waals surface area contributed by atoms with Crippen LogP contribution in [0, 0.1) is 6.92 Å². The summed E-state index contributed by atoms with van der Waals surface area (Å²) in [4.78, 5) is 16.5. The molecule has 1 aliphatic rings. The van der Waals surface area contributed by atoms with Crippen molar-refractivity contribution in [2.45, 2.75) is 26.3 Å². The molecular formula is C20H19N3O4. The second-order valence-corrected chi connectivity index (χ2v) is 6.29. The fraction of sp³-hybridized carbons (Fsp3) is 0.250. The van der Waals surface area contributed by atoms with E-state index in [1.807, 2.05) is 49.4 Å². The Morgan fingerprint density at radius 3 is 2.89 bits per heavy atom. The van der Waals surface area contributed by atoms with Gasteiger partial charge in [-0.05, 0) is 30.2 Å². The minimum absolute atomic E-state index is 0.0803. The number of fused-ring (bicyclic) bond motifs is 1. The van der Waals surface area contributed by atoms with Gasteiger partial charge in [0.15, 0.2) is 11.5 Å². The van der Waals surface area contributed by atoms with Crippen LogP contribution in [0.4, 0.5) is 0 Å². The quantitative estimate of drug-likeness (QED) is 0.723. The van der Waals surface area contributed by atoms with Crippen LogP contribution in [0.1, 0.15) is 23.4 Å². The monoisotopic (exact) mass is 365 g/mol. The number of nitrogens with zero attached hydrogens (tertiary/aromatic N) is 2. The summed E-state index contributed by atoms with van der Waals surface area (Å²) in [7, 11) is 0. The number of aromatic nitrogens is 2. The summed E-state index contributed by atoms with van der Waals surface area (Å²) < 4.78 is 15.9. The maximum atomic E-state index is 12.1. The first-order valence-electron chi connectivity index (χ1n) is 8.73. The predicted molar refractivity (Wildman–Crippen MR) is 97.2 cm³/mol.